The maximum Gasteiger partial charge on any atom is 0.0604 e. The normalized spacial score (nSPS) is 12.6. The Bertz CT molecular complexity index is 513. The molecule has 108 valence electrons. The summed E-state index contributed by atoms with van der Waals surface area (Å²) in [6.45, 7) is 8.22. The third-order valence-electron chi connectivity index (χ3n) is 3.51. The Morgan fingerprint density at radius 2 is 1.90 bits per heavy atom. The topological polar surface area (TPSA) is 29.9 Å². The van der Waals surface area contributed by atoms with Gasteiger partial charge in [-0.25, -0.2) is 0 Å². The van der Waals surface area contributed by atoms with Crippen LogP contribution in [0.3, 0.4) is 0 Å². The second-order valence-electron chi connectivity index (χ2n) is 5.28. The zero-order chi connectivity index (χ0) is 14.4. The molecular weight excluding hydrogens is 246 g/mol. The minimum absolute atomic E-state index is 0.315. The molecule has 0 amide bonds. The number of rotatable bonds is 7. The zero-order valence-electron chi connectivity index (χ0n) is 12.8. The van der Waals surface area contributed by atoms with Crippen LogP contribution in [0.15, 0.2) is 36.5 Å². The van der Waals surface area contributed by atoms with E-state index in [1.165, 1.54) is 17.5 Å². The van der Waals surface area contributed by atoms with Crippen molar-refractivity contribution in [3.8, 4) is 0 Å². The predicted octanol–water partition coefficient (Wildman–Crippen LogP) is 3.49. The average Bonchev–Trinajstić information content (AvgIpc) is 2.85. The number of nitrogens with one attached hydrogen (secondary N) is 1. The van der Waals surface area contributed by atoms with E-state index in [2.05, 4.69) is 48.5 Å². The molecule has 2 rings (SSSR count). The SMILES string of the molecule is CCCc1ccc(C(Cn2ccc(C)n2)NCC)cc1. The van der Waals surface area contributed by atoms with Gasteiger partial charge in [0.25, 0.3) is 0 Å². The van der Waals surface area contributed by atoms with Crippen LogP contribution in [0.25, 0.3) is 0 Å². The highest BCUT2D eigenvalue weighted by Crippen LogP contribution is 2.17. The molecule has 3 nitrogen and oxygen atoms in total. The van der Waals surface area contributed by atoms with Gasteiger partial charge >= 0.3 is 0 Å². The molecule has 0 saturated carbocycles. The Balaban J connectivity index is 2.10. The standard InChI is InChI=1S/C17H25N3/c1-4-6-15-7-9-16(10-8-15)17(18-5-2)13-20-12-11-14(3)19-20/h7-12,17-18H,4-6,13H2,1-3H3. The number of nitrogens with zero attached hydrogens (tertiary/aromatic N) is 2. The van der Waals surface area contributed by atoms with Gasteiger partial charge in [-0.3, -0.25) is 4.68 Å². The number of hydrogen-bond acceptors (Lipinski definition) is 2. The lowest BCUT2D eigenvalue weighted by Gasteiger charge is -2.19. The summed E-state index contributed by atoms with van der Waals surface area (Å²) in [6, 6.07) is 11.3. The molecule has 0 radical (unpaired) electrons. The molecule has 0 bridgehead atoms. The van der Waals surface area contributed by atoms with Gasteiger partial charge in [-0.1, -0.05) is 44.5 Å². The molecule has 1 unspecified atom stereocenters. The molecule has 0 spiro atoms. The highest BCUT2D eigenvalue weighted by molar-refractivity contribution is 5.25. The summed E-state index contributed by atoms with van der Waals surface area (Å²) in [5.41, 5.74) is 3.82. The number of likely N-dealkylation sites (N-methyl/N-ethyl adjacent to an activating group) is 1. The van der Waals surface area contributed by atoms with E-state index >= 15 is 0 Å². The van der Waals surface area contributed by atoms with Crippen LogP contribution in [-0.4, -0.2) is 16.3 Å². The Morgan fingerprint density at radius 1 is 1.15 bits per heavy atom. The van der Waals surface area contributed by atoms with Gasteiger partial charge in [0.15, 0.2) is 0 Å². The summed E-state index contributed by atoms with van der Waals surface area (Å²) in [5.74, 6) is 0. The van der Waals surface area contributed by atoms with Crippen molar-refractivity contribution in [1.82, 2.24) is 15.1 Å². The molecule has 1 atom stereocenters. The first kappa shape index (κ1) is 14.8. The minimum atomic E-state index is 0.315. The van der Waals surface area contributed by atoms with Crippen molar-refractivity contribution in [3.63, 3.8) is 0 Å². The second-order valence-corrected chi connectivity index (χ2v) is 5.28. The highest BCUT2D eigenvalue weighted by Gasteiger charge is 2.11. The average molecular weight is 271 g/mol. The zero-order valence-corrected chi connectivity index (χ0v) is 12.8. The Morgan fingerprint density at radius 3 is 2.45 bits per heavy atom. The molecule has 1 aromatic heterocycles. The van der Waals surface area contributed by atoms with Gasteiger partial charge in [0, 0.05) is 6.20 Å². The fourth-order valence-electron chi connectivity index (χ4n) is 2.49. The van der Waals surface area contributed by atoms with E-state index in [-0.39, 0.29) is 0 Å². The summed E-state index contributed by atoms with van der Waals surface area (Å²) in [6.07, 6.45) is 4.40. The monoisotopic (exact) mass is 271 g/mol. The van der Waals surface area contributed by atoms with E-state index in [4.69, 9.17) is 0 Å². The maximum absolute atomic E-state index is 4.48. The van der Waals surface area contributed by atoms with E-state index in [0.717, 1.165) is 25.2 Å². The van der Waals surface area contributed by atoms with Crippen LogP contribution < -0.4 is 5.32 Å². The van der Waals surface area contributed by atoms with E-state index in [1.54, 1.807) is 0 Å². The van der Waals surface area contributed by atoms with Crippen molar-refractivity contribution in [3.05, 3.63) is 53.3 Å². The number of aromatic nitrogens is 2. The molecule has 3 heteroatoms. The van der Waals surface area contributed by atoms with Crippen LogP contribution in [0.5, 0.6) is 0 Å². The lowest BCUT2D eigenvalue weighted by molar-refractivity contribution is 0.447. The fraction of sp³-hybridized carbons (Fsp3) is 0.471. The quantitative estimate of drug-likeness (QED) is 0.835. The lowest BCUT2D eigenvalue weighted by Crippen LogP contribution is -2.25. The molecule has 1 heterocycles. The maximum atomic E-state index is 4.48. The predicted molar refractivity (Wildman–Crippen MR) is 83.8 cm³/mol. The van der Waals surface area contributed by atoms with E-state index in [9.17, 15) is 0 Å². The number of hydrogen-bond donors (Lipinski definition) is 1. The first-order valence-electron chi connectivity index (χ1n) is 7.55. The Kier molecular flexibility index (Phi) is 5.36. The number of benzene rings is 1. The summed E-state index contributed by atoms with van der Waals surface area (Å²) in [7, 11) is 0. The minimum Gasteiger partial charge on any atom is -0.309 e. The fourth-order valence-corrected chi connectivity index (χ4v) is 2.49. The highest BCUT2D eigenvalue weighted by atomic mass is 15.3. The summed E-state index contributed by atoms with van der Waals surface area (Å²) >= 11 is 0. The number of aryl methyl sites for hydroxylation is 2. The van der Waals surface area contributed by atoms with Crippen LogP contribution >= 0.6 is 0 Å². The summed E-state index contributed by atoms with van der Waals surface area (Å²) in [5, 5.41) is 8.03. The summed E-state index contributed by atoms with van der Waals surface area (Å²) < 4.78 is 2.02. The van der Waals surface area contributed by atoms with E-state index < -0.39 is 0 Å². The molecular formula is C17H25N3. The van der Waals surface area contributed by atoms with Crippen molar-refractivity contribution < 1.29 is 0 Å². The Hall–Kier alpha value is -1.61. The summed E-state index contributed by atoms with van der Waals surface area (Å²) in [4.78, 5) is 0. The molecule has 0 aliphatic rings. The van der Waals surface area contributed by atoms with E-state index in [0.29, 0.717) is 6.04 Å². The van der Waals surface area contributed by atoms with E-state index in [1.807, 2.05) is 23.9 Å². The van der Waals surface area contributed by atoms with Crippen LogP contribution in [0.2, 0.25) is 0 Å². The van der Waals surface area contributed by atoms with Crippen molar-refractivity contribution in [2.24, 2.45) is 0 Å². The second kappa shape index (κ2) is 7.25. The van der Waals surface area contributed by atoms with Crippen molar-refractivity contribution in [2.45, 2.75) is 46.2 Å². The Labute approximate surface area is 122 Å². The first-order chi connectivity index (χ1) is 9.72. The molecule has 0 aliphatic heterocycles. The molecule has 0 fully saturated rings. The lowest BCUT2D eigenvalue weighted by atomic mass is 10.0. The molecule has 1 N–H and O–H groups in total. The van der Waals surface area contributed by atoms with Crippen molar-refractivity contribution >= 4 is 0 Å². The van der Waals surface area contributed by atoms with Gasteiger partial charge < -0.3 is 5.32 Å². The molecule has 20 heavy (non-hydrogen) atoms. The molecule has 1 aromatic carbocycles. The van der Waals surface area contributed by atoms with Crippen LogP contribution in [0.4, 0.5) is 0 Å². The third-order valence-corrected chi connectivity index (χ3v) is 3.51. The van der Waals surface area contributed by atoms with Crippen LogP contribution in [-0.2, 0) is 13.0 Å². The van der Waals surface area contributed by atoms with Crippen molar-refractivity contribution in [2.75, 3.05) is 6.54 Å². The van der Waals surface area contributed by atoms with Gasteiger partial charge in [-0.15, -0.1) is 0 Å². The van der Waals surface area contributed by atoms with Crippen molar-refractivity contribution in [1.29, 1.82) is 0 Å². The molecule has 0 saturated heterocycles. The van der Waals surface area contributed by atoms with Gasteiger partial charge in [-0.2, -0.15) is 5.10 Å². The smallest absolute Gasteiger partial charge is 0.0604 e. The third kappa shape index (κ3) is 3.94. The van der Waals surface area contributed by atoms with Gasteiger partial charge in [0.05, 0.1) is 18.3 Å². The molecule has 0 aliphatic carbocycles. The largest absolute Gasteiger partial charge is 0.309 e. The molecule has 2 aromatic rings. The van der Waals surface area contributed by atoms with Crippen LogP contribution in [0, 0.1) is 6.92 Å². The van der Waals surface area contributed by atoms with Crippen LogP contribution in [0.1, 0.15) is 43.1 Å². The van der Waals surface area contributed by atoms with Gasteiger partial charge in [0.2, 0.25) is 0 Å². The van der Waals surface area contributed by atoms with Gasteiger partial charge in [0.1, 0.15) is 0 Å². The first-order valence-corrected chi connectivity index (χ1v) is 7.55. The van der Waals surface area contributed by atoms with Gasteiger partial charge in [-0.05, 0) is 37.1 Å².